The highest BCUT2D eigenvalue weighted by Gasteiger charge is 2.25. The molecule has 0 heterocycles. The molecule has 0 spiro atoms. The third-order valence-electron chi connectivity index (χ3n) is 3.70. The fourth-order valence-corrected chi connectivity index (χ4v) is 2.49. The first-order valence-corrected chi connectivity index (χ1v) is 6.91. The highest BCUT2D eigenvalue weighted by molar-refractivity contribution is 5.61. The molecule has 0 aliphatic heterocycles. The molecule has 2 aromatic rings. The molecule has 1 saturated carbocycles. The smallest absolute Gasteiger partial charge is 0.292 e. The Morgan fingerprint density at radius 2 is 2.00 bits per heavy atom. The molecular formula is C16H15FN2O2. The van der Waals surface area contributed by atoms with Gasteiger partial charge in [-0.25, -0.2) is 4.39 Å². The summed E-state index contributed by atoms with van der Waals surface area (Å²) in [6, 6.07) is 11.5. The van der Waals surface area contributed by atoms with Crippen molar-refractivity contribution in [3.05, 3.63) is 69.5 Å². The van der Waals surface area contributed by atoms with Crippen LogP contribution in [0.25, 0.3) is 0 Å². The average molecular weight is 286 g/mol. The first kappa shape index (κ1) is 13.5. The number of nitrogens with zero attached hydrogens (tertiary/aromatic N) is 1. The monoisotopic (exact) mass is 286 g/mol. The fraction of sp³-hybridized carbons (Fsp3) is 0.250. The molecule has 0 unspecified atom stereocenters. The molecule has 0 amide bonds. The van der Waals surface area contributed by atoms with Gasteiger partial charge in [-0.2, -0.15) is 0 Å². The minimum Gasteiger partial charge on any atom is -0.375 e. The predicted octanol–water partition coefficient (Wildman–Crippen LogP) is 4.22. The molecule has 2 aromatic carbocycles. The number of nitro benzene ring substituents is 1. The van der Waals surface area contributed by atoms with Gasteiger partial charge in [-0.1, -0.05) is 24.3 Å². The Bertz CT molecular complexity index is 684. The van der Waals surface area contributed by atoms with Crippen LogP contribution >= 0.6 is 0 Å². The summed E-state index contributed by atoms with van der Waals surface area (Å²) in [5, 5.41) is 14.0. The van der Waals surface area contributed by atoms with Gasteiger partial charge in [0.1, 0.15) is 11.5 Å². The van der Waals surface area contributed by atoms with E-state index in [1.807, 2.05) is 18.2 Å². The maximum atomic E-state index is 13.3. The molecule has 3 rings (SSSR count). The Morgan fingerprint density at radius 1 is 1.24 bits per heavy atom. The van der Waals surface area contributed by atoms with E-state index in [2.05, 4.69) is 11.4 Å². The largest absolute Gasteiger partial charge is 0.375 e. The summed E-state index contributed by atoms with van der Waals surface area (Å²) in [7, 11) is 0. The molecule has 0 saturated heterocycles. The second kappa shape index (κ2) is 5.52. The highest BCUT2D eigenvalue weighted by Crippen LogP contribution is 2.41. The Labute approximate surface area is 121 Å². The topological polar surface area (TPSA) is 55.2 Å². The van der Waals surface area contributed by atoms with Crippen molar-refractivity contribution in [2.24, 2.45) is 0 Å². The molecule has 21 heavy (non-hydrogen) atoms. The summed E-state index contributed by atoms with van der Waals surface area (Å²) in [6.45, 7) is 0.455. The average Bonchev–Trinajstić information content (AvgIpc) is 3.29. The molecule has 4 nitrogen and oxygen atoms in total. The standard InChI is InChI=1S/C16H15FN2O2/c17-13-7-8-16(19(20)21)15(9-13)18-10-12-3-1-2-4-14(12)11-5-6-11/h1-4,7-9,11,18H,5-6,10H2. The summed E-state index contributed by atoms with van der Waals surface area (Å²) < 4.78 is 13.3. The van der Waals surface area contributed by atoms with Gasteiger partial charge in [0.05, 0.1) is 4.92 Å². The van der Waals surface area contributed by atoms with Crippen molar-refractivity contribution in [1.82, 2.24) is 0 Å². The molecule has 1 aliphatic rings. The molecule has 1 aliphatic carbocycles. The summed E-state index contributed by atoms with van der Waals surface area (Å²) >= 11 is 0. The molecule has 1 fully saturated rings. The number of rotatable bonds is 5. The van der Waals surface area contributed by atoms with E-state index in [1.165, 1.54) is 24.5 Å². The van der Waals surface area contributed by atoms with Crippen LogP contribution < -0.4 is 5.32 Å². The fourth-order valence-electron chi connectivity index (χ4n) is 2.49. The zero-order valence-electron chi connectivity index (χ0n) is 11.4. The number of hydrogen-bond donors (Lipinski definition) is 1. The van der Waals surface area contributed by atoms with E-state index in [1.54, 1.807) is 0 Å². The van der Waals surface area contributed by atoms with Crippen LogP contribution in [0.1, 0.15) is 29.9 Å². The van der Waals surface area contributed by atoms with E-state index in [0.717, 1.165) is 17.7 Å². The number of nitro groups is 1. The molecule has 0 aromatic heterocycles. The lowest BCUT2D eigenvalue weighted by atomic mass is 10.0. The van der Waals surface area contributed by atoms with Gasteiger partial charge in [-0.15, -0.1) is 0 Å². The Kier molecular flexibility index (Phi) is 3.56. The van der Waals surface area contributed by atoms with Crippen LogP contribution in [0, 0.1) is 15.9 Å². The van der Waals surface area contributed by atoms with Crippen molar-refractivity contribution in [2.75, 3.05) is 5.32 Å². The van der Waals surface area contributed by atoms with Gasteiger partial charge in [0.2, 0.25) is 0 Å². The van der Waals surface area contributed by atoms with Gasteiger partial charge < -0.3 is 5.32 Å². The van der Waals surface area contributed by atoms with Crippen LogP contribution in [0.15, 0.2) is 42.5 Å². The second-order valence-corrected chi connectivity index (χ2v) is 5.25. The number of hydrogen-bond acceptors (Lipinski definition) is 3. The maximum Gasteiger partial charge on any atom is 0.292 e. The molecular weight excluding hydrogens is 271 g/mol. The SMILES string of the molecule is O=[N+]([O-])c1ccc(F)cc1NCc1ccccc1C1CC1. The second-order valence-electron chi connectivity index (χ2n) is 5.25. The number of benzene rings is 2. The highest BCUT2D eigenvalue weighted by atomic mass is 19.1. The van der Waals surface area contributed by atoms with Gasteiger partial charge in [-0.3, -0.25) is 10.1 Å². The first-order chi connectivity index (χ1) is 10.1. The van der Waals surface area contributed by atoms with Crippen molar-refractivity contribution in [2.45, 2.75) is 25.3 Å². The van der Waals surface area contributed by atoms with Crippen LogP contribution in [0.2, 0.25) is 0 Å². The zero-order chi connectivity index (χ0) is 14.8. The minimum absolute atomic E-state index is 0.111. The Morgan fingerprint density at radius 3 is 2.71 bits per heavy atom. The van der Waals surface area contributed by atoms with Crippen molar-refractivity contribution in [3.8, 4) is 0 Å². The third kappa shape index (κ3) is 3.02. The van der Waals surface area contributed by atoms with Crippen LogP contribution in [-0.2, 0) is 6.54 Å². The summed E-state index contributed by atoms with van der Waals surface area (Å²) in [4.78, 5) is 10.5. The first-order valence-electron chi connectivity index (χ1n) is 6.91. The van der Waals surface area contributed by atoms with Crippen molar-refractivity contribution in [3.63, 3.8) is 0 Å². The Hall–Kier alpha value is -2.43. The summed E-state index contributed by atoms with van der Waals surface area (Å²) in [5.41, 5.74) is 2.49. The molecule has 1 N–H and O–H groups in total. The quantitative estimate of drug-likeness (QED) is 0.661. The summed E-state index contributed by atoms with van der Waals surface area (Å²) in [6.07, 6.45) is 2.38. The molecule has 108 valence electrons. The van der Waals surface area contributed by atoms with Gasteiger partial charge >= 0.3 is 0 Å². The van der Waals surface area contributed by atoms with Crippen molar-refractivity contribution < 1.29 is 9.31 Å². The van der Waals surface area contributed by atoms with E-state index in [-0.39, 0.29) is 11.4 Å². The zero-order valence-corrected chi connectivity index (χ0v) is 11.4. The van der Waals surface area contributed by atoms with Gasteiger partial charge in [0.25, 0.3) is 5.69 Å². The van der Waals surface area contributed by atoms with Gasteiger partial charge in [0.15, 0.2) is 0 Å². The van der Waals surface area contributed by atoms with E-state index >= 15 is 0 Å². The molecule has 0 radical (unpaired) electrons. The van der Waals surface area contributed by atoms with Gasteiger partial charge in [-0.05, 0) is 36.0 Å². The Balaban J connectivity index is 1.82. The lowest BCUT2D eigenvalue weighted by Gasteiger charge is -2.11. The number of nitrogens with one attached hydrogen (secondary N) is 1. The van der Waals surface area contributed by atoms with Crippen LogP contribution in [0.5, 0.6) is 0 Å². The van der Waals surface area contributed by atoms with Crippen molar-refractivity contribution in [1.29, 1.82) is 0 Å². The van der Waals surface area contributed by atoms with Gasteiger partial charge in [0, 0.05) is 18.7 Å². The molecule has 5 heteroatoms. The predicted molar refractivity (Wildman–Crippen MR) is 78.8 cm³/mol. The lowest BCUT2D eigenvalue weighted by molar-refractivity contribution is -0.384. The number of halogens is 1. The van der Waals surface area contributed by atoms with Crippen LogP contribution in [0.3, 0.4) is 0 Å². The van der Waals surface area contributed by atoms with Crippen molar-refractivity contribution >= 4 is 11.4 Å². The lowest BCUT2D eigenvalue weighted by Crippen LogP contribution is -2.05. The molecule has 0 atom stereocenters. The maximum absolute atomic E-state index is 13.3. The molecule has 0 bridgehead atoms. The van der Waals surface area contributed by atoms with E-state index in [9.17, 15) is 14.5 Å². The summed E-state index contributed by atoms with van der Waals surface area (Å²) in [5.74, 6) is 0.115. The van der Waals surface area contributed by atoms with E-state index in [4.69, 9.17) is 0 Å². The van der Waals surface area contributed by atoms with Crippen LogP contribution in [-0.4, -0.2) is 4.92 Å². The number of anilines is 1. The normalized spacial score (nSPS) is 14.0. The van der Waals surface area contributed by atoms with Crippen LogP contribution in [0.4, 0.5) is 15.8 Å². The minimum atomic E-state index is -0.505. The third-order valence-corrected chi connectivity index (χ3v) is 3.70. The van der Waals surface area contributed by atoms with E-state index < -0.39 is 10.7 Å². The van der Waals surface area contributed by atoms with E-state index in [0.29, 0.717) is 12.5 Å².